The topological polar surface area (TPSA) is 9.23 Å². The molecule has 1 nitrogen and oxygen atoms in total. The minimum absolute atomic E-state index is 0.0702. The summed E-state index contributed by atoms with van der Waals surface area (Å²) in [5.74, 6) is 0.766. The number of ether oxygens (including phenoxy) is 1. The fourth-order valence-corrected chi connectivity index (χ4v) is 4.77. The van der Waals surface area contributed by atoms with Gasteiger partial charge < -0.3 is 4.74 Å². The van der Waals surface area contributed by atoms with Gasteiger partial charge in [0.15, 0.2) is 0 Å². The highest BCUT2D eigenvalue weighted by Gasteiger charge is 2.62. The molecule has 2 fully saturated rings. The summed E-state index contributed by atoms with van der Waals surface area (Å²) in [5, 5.41) is 0. The van der Waals surface area contributed by atoms with E-state index in [0.29, 0.717) is 5.41 Å². The highest BCUT2D eigenvalue weighted by Crippen LogP contribution is 2.63. The molecule has 1 spiro atoms. The fourth-order valence-electron chi connectivity index (χ4n) is 4.77. The summed E-state index contributed by atoms with van der Waals surface area (Å²) in [6.07, 6.45) is 13.2. The molecule has 2 aliphatic carbocycles. The number of hydrogen-bond donors (Lipinski definition) is 0. The molecule has 0 aromatic rings. The maximum absolute atomic E-state index is 6.70. The summed E-state index contributed by atoms with van der Waals surface area (Å²) < 4.78 is 6.70. The molecule has 3 rings (SSSR count). The van der Waals surface area contributed by atoms with Crippen LogP contribution in [-0.2, 0) is 4.74 Å². The van der Waals surface area contributed by atoms with Crippen LogP contribution < -0.4 is 0 Å². The molecule has 3 atom stereocenters. The van der Waals surface area contributed by atoms with Crippen LogP contribution in [0.1, 0.15) is 79.1 Å². The molecule has 0 radical (unpaired) electrons. The third-order valence-corrected chi connectivity index (χ3v) is 6.33. The lowest BCUT2D eigenvalue weighted by Gasteiger charge is -2.50. The molecular formula is C18H30O. The second kappa shape index (κ2) is 4.35. The monoisotopic (exact) mass is 262 g/mol. The van der Waals surface area contributed by atoms with Gasteiger partial charge in [-0.2, -0.15) is 0 Å². The lowest BCUT2D eigenvalue weighted by atomic mass is 9.57. The van der Waals surface area contributed by atoms with Gasteiger partial charge in [-0.1, -0.05) is 31.9 Å². The van der Waals surface area contributed by atoms with Crippen molar-refractivity contribution in [3.05, 3.63) is 11.6 Å². The smallest absolute Gasteiger partial charge is 0.0929 e. The van der Waals surface area contributed by atoms with Crippen molar-refractivity contribution < 1.29 is 4.74 Å². The Labute approximate surface area is 118 Å². The molecule has 1 saturated carbocycles. The third-order valence-electron chi connectivity index (χ3n) is 6.33. The van der Waals surface area contributed by atoms with E-state index in [0.717, 1.165) is 5.92 Å². The van der Waals surface area contributed by atoms with Gasteiger partial charge in [-0.15, -0.1) is 0 Å². The van der Waals surface area contributed by atoms with Crippen LogP contribution in [0.2, 0.25) is 0 Å². The van der Waals surface area contributed by atoms with Crippen molar-refractivity contribution in [2.24, 2.45) is 11.3 Å². The summed E-state index contributed by atoms with van der Waals surface area (Å²) in [7, 11) is 0. The van der Waals surface area contributed by atoms with Gasteiger partial charge >= 0.3 is 0 Å². The van der Waals surface area contributed by atoms with Crippen LogP contribution in [-0.4, -0.2) is 11.2 Å². The molecule has 1 heterocycles. The standard InChI is InChI=1S/C18H30O/c1-5-6-7-14-8-10-17(4)11-9-15-13-18(17,12-14)19-16(15,2)3/h12,15H,5-11,13H2,1-4H3/t15-,17+,18-/m1/s1. The van der Waals surface area contributed by atoms with Crippen molar-refractivity contribution in [3.8, 4) is 0 Å². The van der Waals surface area contributed by atoms with E-state index in [9.17, 15) is 0 Å². The number of allylic oxidation sites excluding steroid dienone is 1. The first-order chi connectivity index (χ1) is 8.91. The fraction of sp³-hybridized carbons (Fsp3) is 0.889. The van der Waals surface area contributed by atoms with Crippen molar-refractivity contribution in [1.82, 2.24) is 0 Å². The molecule has 0 amide bonds. The summed E-state index contributed by atoms with van der Waals surface area (Å²) >= 11 is 0. The first-order valence-electron chi connectivity index (χ1n) is 8.32. The van der Waals surface area contributed by atoms with Gasteiger partial charge in [0.1, 0.15) is 0 Å². The molecule has 108 valence electrons. The van der Waals surface area contributed by atoms with E-state index in [1.165, 1.54) is 51.4 Å². The molecule has 0 unspecified atom stereocenters. The highest BCUT2D eigenvalue weighted by atomic mass is 16.5. The summed E-state index contributed by atoms with van der Waals surface area (Å²) in [6, 6.07) is 0. The van der Waals surface area contributed by atoms with E-state index >= 15 is 0 Å². The lowest BCUT2D eigenvalue weighted by molar-refractivity contribution is -0.124. The predicted molar refractivity (Wildman–Crippen MR) is 80.2 cm³/mol. The van der Waals surface area contributed by atoms with Crippen LogP contribution in [0.4, 0.5) is 0 Å². The van der Waals surface area contributed by atoms with E-state index < -0.39 is 0 Å². The van der Waals surface area contributed by atoms with Gasteiger partial charge in [0, 0.05) is 5.41 Å². The van der Waals surface area contributed by atoms with Crippen molar-refractivity contribution in [1.29, 1.82) is 0 Å². The van der Waals surface area contributed by atoms with Crippen LogP contribution in [0.3, 0.4) is 0 Å². The number of unbranched alkanes of at least 4 members (excludes halogenated alkanes) is 1. The van der Waals surface area contributed by atoms with E-state index in [1.807, 2.05) is 0 Å². The van der Waals surface area contributed by atoms with E-state index in [2.05, 4.69) is 33.8 Å². The van der Waals surface area contributed by atoms with Crippen LogP contribution in [0.15, 0.2) is 11.6 Å². The van der Waals surface area contributed by atoms with Crippen LogP contribution in [0.25, 0.3) is 0 Å². The van der Waals surface area contributed by atoms with Crippen molar-refractivity contribution in [3.63, 3.8) is 0 Å². The van der Waals surface area contributed by atoms with Crippen LogP contribution in [0, 0.1) is 11.3 Å². The zero-order valence-electron chi connectivity index (χ0n) is 13.2. The second-order valence-electron chi connectivity index (χ2n) is 8.00. The molecule has 19 heavy (non-hydrogen) atoms. The van der Waals surface area contributed by atoms with Crippen molar-refractivity contribution in [2.75, 3.05) is 0 Å². The van der Waals surface area contributed by atoms with Gasteiger partial charge in [0.2, 0.25) is 0 Å². The number of hydrogen-bond acceptors (Lipinski definition) is 1. The average molecular weight is 262 g/mol. The summed E-state index contributed by atoms with van der Waals surface area (Å²) in [5.41, 5.74) is 2.23. The summed E-state index contributed by atoms with van der Waals surface area (Å²) in [4.78, 5) is 0. The minimum atomic E-state index is 0.0702. The van der Waals surface area contributed by atoms with Gasteiger partial charge in [0.05, 0.1) is 11.2 Å². The normalized spacial score (nSPS) is 43.8. The Morgan fingerprint density at radius 2 is 2.05 bits per heavy atom. The first kappa shape index (κ1) is 13.7. The predicted octanol–water partition coefficient (Wildman–Crippen LogP) is 5.25. The first-order valence-corrected chi connectivity index (χ1v) is 8.32. The van der Waals surface area contributed by atoms with Gasteiger partial charge in [-0.05, 0) is 64.7 Å². The molecular weight excluding hydrogens is 232 g/mol. The Balaban J connectivity index is 1.92. The Bertz CT molecular complexity index is 394. The number of fused-ring (bicyclic) bond motifs is 1. The molecule has 3 aliphatic rings. The molecule has 0 aromatic heterocycles. The van der Waals surface area contributed by atoms with Gasteiger partial charge in [-0.25, -0.2) is 0 Å². The molecule has 1 aliphatic heterocycles. The van der Waals surface area contributed by atoms with Crippen LogP contribution in [0.5, 0.6) is 0 Å². The second-order valence-corrected chi connectivity index (χ2v) is 8.00. The maximum Gasteiger partial charge on any atom is 0.0929 e. The summed E-state index contributed by atoms with van der Waals surface area (Å²) in [6.45, 7) is 9.40. The molecule has 0 aromatic carbocycles. The van der Waals surface area contributed by atoms with Gasteiger partial charge in [0.25, 0.3) is 0 Å². The zero-order chi connectivity index (χ0) is 13.7. The van der Waals surface area contributed by atoms with E-state index in [-0.39, 0.29) is 11.2 Å². The van der Waals surface area contributed by atoms with E-state index in [1.54, 1.807) is 5.57 Å². The third kappa shape index (κ3) is 2.00. The maximum atomic E-state index is 6.70. The van der Waals surface area contributed by atoms with E-state index in [4.69, 9.17) is 4.74 Å². The quantitative estimate of drug-likeness (QED) is 0.631. The zero-order valence-corrected chi connectivity index (χ0v) is 13.2. The van der Waals surface area contributed by atoms with Crippen molar-refractivity contribution in [2.45, 2.75) is 90.3 Å². The Hall–Kier alpha value is -0.300. The minimum Gasteiger partial charge on any atom is -0.364 e. The molecule has 0 N–H and O–H groups in total. The molecule has 1 saturated heterocycles. The van der Waals surface area contributed by atoms with Gasteiger partial charge in [-0.3, -0.25) is 0 Å². The Morgan fingerprint density at radius 1 is 1.26 bits per heavy atom. The molecule has 2 bridgehead atoms. The number of rotatable bonds is 3. The lowest BCUT2D eigenvalue weighted by Crippen LogP contribution is -2.49. The highest BCUT2D eigenvalue weighted by molar-refractivity contribution is 5.27. The SMILES string of the molecule is CCCCC1=C[C@@]23C[C@@H](CC[C@]2(C)CC1)C(C)(C)O3. The molecule has 1 heteroatoms. The average Bonchev–Trinajstić information content (AvgIpc) is 2.57. The van der Waals surface area contributed by atoms with Crippen LogP contribution >= 0.6 is 0 Å². The largest absolute Gasteiger partial charge is 0.364 e. The van der Waals surface area contributed by atoms with Crippen molar-refractivity contribution >= 4 is 0 Å². The Morgan fingerprint density at radius 3 is 2.79 bits per heavy atom. The Kier molecular flexibility index (Phi) is 3.13.